The minimum atomic E-state index is 0.462. The Morgan fingerprint density at radius 2 is 2.20 bits per heavy atom. The lowest BCUT2D eigenvalue weighted by atomic mass is 10.3. The third kappa shape index (κ3) is 2.18. The molecule has 0 unspecified atom stereocenters. The van der Waals surface area contributed by atoms with Crippen LogP contribution in [0.15, 0.2) is 22.7 Å². The van der Waals surface area contributed by atoms with E-state index in [2.05, 4.69) is 15.1 Å². The van der Waals surface area contributed by atoms with Gasteiger partial charge in [0.15, 0.2) is 5.82 Å². The van der Waals surface area contributed by atoms with Crippen LogP contribution in [0.4, 0.5) is 5.95 Å². The normalized spacial score (nSPS) is 11.1. The highest BCUT2D eigenvalue weighted by Crippen LogP contribution is 2.23. The van der Waals surface area contributed by atoms with Crippen LogP contribution < -0.4 is 10.5 Å². The Morgan fingerprint density at radius 3 is 2.90 bits per heavy atom. The van der Waals surface area contributed by atoms with Gasteiger partial charge in [-0.05, 0) is 19.1 Å². The van der Waals surface area contributed by atoms with E-state index in [0.717, 1.165) is 16.8 Å². The summed E-state index contributed by atoms with van der Waals surface area (Å²) in [6.45, 7) is 2.43. The molecule has 0 bridgehead atoms. The van der Waals surface area contributed by atoms with Crippen LogP contribution in [0, 0.1) is 6.92 Å². The number of aryl methyl sites for hydroxylation is 3. The van der Waals surface area contributed by atoms with E-state index in [9.17, 15) is 0 Å². The van der Waals surface area contributed by atoms with Crippen molar-refractivity contribution in [1.82, 2.24) is 19.7 Å². The molecule has 3 aromatic rings. The quantitative estimate of drug-likeness (QED) is 0.775. The molecular weight excluding hydrogens is 258 g/mol. The number of rotatable bonds is 4. The summed E-state index contributed by atoms with van der Waals surface area (Å²) in [5.74, 6) is 2.45. The van der Waals surface area contributed by atoms with E-state index in [0.29, 0.717) is 30.6 Å². The molecule has 0 saturated carbocycles. The van der Waals surface area contributed by atoms with Gasteiger partial charge in [-0.3, -0.25) is 0 Å². The van der Waals surface area contributed by atoms with Gasteiger partial charge < -0.3 is 19.6 Å². The monoisotopic (exact) mass is 273 g/mol. The van der Waals surface area contributed by atoms with Crippen LogP contribution >= 0.6 is 0 Å². The molecule has 104 valence electrons. The molecule has 0 aliphatic carbocycles. The van der Waals surface area contributed by atoms with Gasteiger partial charge in [0, 0.05) is 19.0 Å². The maximum absolute atomic E-state index is 5.96. The largest absolute Gasteiger partial charge is 0.497 e. The van der Waals surface area contributed by atoms with Gasteiger partial charge >= 0.3 is 0 Å². The second-order valence-corrected chi connectivity index (χ2v) is 4.46. The molecule has 0 aliphatic heterocycles. The molecule has 1 aromatic carbocycles. The number of methoxy groups -OCH3 is 1. The van der Waals surface area contributed by atoms with E-state index in [1.807, 2.05) is 22.8 Å². The number of nitrogens with zero attached hydrogens (tertiary/aromatic N) is 4. The third-order valence-corrected chi connectivity index (χ3v) is 3.10. The van der Waals surface area contributed by atoms with Gasteiger partial charge in [-0.2, -0.15) is 4.98 Å². The first-order chi connectivity index (χ1) is 9.67. The topological polar surface area (TPSA) is 92.0 Å². The zero-order valence-corrected chi connectivity index (χ0v) is 11.3. The summed E-state index contributed by atoms with van der Waals surface area (Å²) in [7, 11) is 1.62. The summed E-state index contributed by atoms with van der Waals surface area (Å²) in [6, 6.07) is 5.69. The van der Waals surface area contributed by atoms with Crippen molar-refractivity contribution in [3.05, 3.63) is 29.9 Å². The van der Waals surface area contributed by atoms with E-state index in [1.54, 1.807) is 14.0 Å². The summed E-state index contributed by atoms with van der Waals surface area (Å²) < 4.78 is 12.2. The number of fused-ring (bicyclic) bond motifs is 1. The fourth-order valence-electron chi connectivity index (χ4n) is 2.14. The average Bonchev–Trinajstić information content (AvgIpc) is 2.98. The molecule has 0 saturated heterocycles. The average molecular weight is 273 g/mol. The van der Waals surface area contributed by atoms with E-state index < -0.39 is 0 Å². The van der Waals surface area contributed by atoms with Crippen LogP contribution in [0.25, 0.3) is 11.0 Å². The summed E-state index contributed by atoms with van der Waals surface area (Å²) in [5, 5.41) is 3.77. The zero-order chi connectivity index (χ0) is 14.1. The minimum Gasteiger partial charge on any atom is -0.497 e. The summed E-state index contributed by atoms with van der Waals surface area (Å²) in [4.78, 5) is 8.51. The molecule has 20 heavy (non-hydrogen) atoms. The van der Waals surface area contributed by atoms with Gasteiger partial charge in [-0.1, -0.05) is 5.16 Å². The molecule has 7 nitrogen and oxygen atoms in total. The van der Waals surface area contributed by atoms with E-state index in [4.69, 9.17) is 15.0 Å². The Bertz CT molecular complexity index is 746. The number of hydrogen-bond donors (Lipinski definition) is 1. The molecule has 0 atom stereocenters. The molecule has 2 N–H and O–H groups in total. The first-order valence-corrected chi connectivity index (χ1v) is 6.26. The van der Waals surface area contributed by atoms with Gasteiger partial charge in [0.05, 0.1) is 18.1 Å². The van der Waals surface area contributed by atoms with Crippen LogP contribution in [0.2, 0.25) is 0 Å². The van der Waals surface area contributed by atoms with E-state index in [1.165, 1.54) is 0 Å². The molecule has 3 rings (SSSR count). The Kier molecular flexibility index (Phi) is 3.02. The molecular formula is C13H15N5O2. The smallest absolute Gasteiger partial charge is 0.228 e. The summed E-state index contributed by atoms with van der Waals surface area (Å²) in [5.41, 5.74) is 7.73. The van der Waals surface area contributed by atoms with Crippen molar-refractivity contribution in [3.8, 4) is 5.75 Å². The predicted molar refractivity (Wildman–Crippen MR) is 73.4 cm³/mol. The van der Waals surface area contributed by atoms with Crippen LogP contribution in [0.5, 0.6) is 5.75 Å². The maximum Gasteiger partial charge on any atom is 0.228 e. The number of nitrogen functional groups attached to an aromatic ring is 1. The number of benzene rings is 1. The molecule has 7 heteroatoms. The lowest BCUT2D eigenvalue weighted by Gasteiger charge is -2.04. The van der Waals surface area contributed by atoms with Gasteiger partial charge in [-0.15, -0.1) is 0 Å². The van der Waals surface area contributed by atoms with Crippen molar-refractivity contribution in [2.45, 2.75) is 19.9 Å². The highest BCUT2D eigenvalue weighted by molar-refractivity contribution is 5.79. The standard InChI is InChI=1S/C13H15N5O2/c1-8-15-12(20-17-8)5-6-18-11-4-3-9(19-2)7-10(11)16-13(18)14/h3-4,7H,5-6H2,1-2H3,(H2,14,16). The number of nitrogens with two attached hydrogens (primary N) is 1. The molecule has 0 aliphatic rings. The van der Waals surface area contributed by atoms with Crippen LogP contribution in [-0.2, 0) is 13.0 Å². The van der Waals surface area contributed by atoms with Crippen molar-refractivity contribution < 1.29 is 9.26 Å². The highest BCUT2D eigenvalue weighted by Gasteiger charge is 2.10. The first-order valence-electron chi connectivity index (χ1n) is 6.26. The lowest BCUT2D eigenvalue weighted by molar-refractivity contribution is 0.369. The second kappa shape index (κ2) is 4.84. The number of hydrogen-bond acceptors (Lipinski definition) is 6. The number of imidazole rings is 1. The fraction of sp³-hybridized carbons (Fsp3) is 0.308. The molecule has 0 amide bonds. The lowest BCUT2D eigenvalue weighted by Crippen LogP contribution is -2.05. The molecule has 0 spiro atoms. The number of ether oxygens (including phenoxy) is 1. The Hall–Kier alpha value is -2.57. The SMILES string of the molecule is COc1ccc2c(c1)nc(N)n2CCc1nc(C)no1. The Morgan fingerprint density at radius 1 is 1.35 bits per heavy atom. The van der Waals surface area contributed by atoms with Gasteiger partial charge in [-0.25, -0.2) is 4.98 Å². The van der Waals surface area contributed by atoms with Crippen LogP contribution in [0.3, 0.4) is 0 Å². The number of anilines is 1. The van der Waals surface area contributed by atoms with Crippen molar-refractivity contribution in [3.63, 3.8) is 0 Å². The summed E-state index contributed by atoms with van der Waals surface area (Å²) in [6.07, 6.45) is 0.614. The maximum atomic E-state index is 5.96. The van der Waals surface area contributed by atoms with Gasteiger partial charge in [0.25, 0.3) is 0 Å². The van der Waals surface area contributed by atoms with Crippen molar-refractivity contribution >= 4 is 17.0 Å². The van der Waals surface area contributed by atoms with Crippen LogP contribution in [0.1, 0.15) is 11.7 Å². The van der Waals surface area contributed by atoms with Crippen molar-refractivity contribution in [1.29, 1.82) is 0 Å². The van der Waals surface area contributed by atoms with Gasteiger partial charge in [0.2, 0.25) is 11.8 Å². The highest BCUT2D eigenvalue weighted by atomic mass is 16.5. The molecule has 2 heterocycles. The van der Waals surface area contributed by atoms with Gasteiger partial charge in [0.1, 0.15) is 5.75 Å². The third-order valence-electron chi connectivity index (χ3n) is 3.10. The first kappa shape index (κ1) is 12.5. The molecule has 2 aromatic heterocycles. The Balaban J connectivity index is 1.89. The fourth-order valence-corrected chi connectivity index (χ4v) is 2.14. The molecule has 0 fully saturated rings. The zero-order valence-electron chi connectivity index (χ0n) is 11.3. The van der Waals surface area contributed by atoms with Crippen LogP contribution in [-0.4, -0.2) is 26.8 Å². The molecule has 0 radical (unpaired) electrons. The summed E-state index contributed by atoms with van der Waals surface area (Å²) >= 11 is 0. The minimum absolute atomic E-state index is 0.462. The van der Waals surface area contributed by atoms with E-state index >= 15 is 0 Å². The van der Waals surface area contributed by atoms with E-state index in [-0.39, 0.29) is 0 Å². The number of aromatic nitrogens is 4. The second-order valence-electron chi connectivity index (χ2n) is 4.46. The van der Waals surface area contributed by atoms with Crippen molar-refractivity contribution in [2.75, 3.05) is 12.8 Å². The predicted octanol–water partition coefficient (Wildman–Crippen LogP) is 1.56. The van der Waals surface area contributed by atoms with Crippen molar-refractivity contribution in [2.24, 2.45) is 0 Å². The Labute approximate surface area is 115 Å².